The highest BCUT2D eigenvalue weighted by Gasteiger charge is 2.25. The Kier molecular flexibility index (Phi) is 6.08. The van der Waals surface area contributed by atoms with Gasteiger partial charge in [0.2, 0.25) is 0 Å². The van der Waals surface area contributed by atoms with Crippen molar-refractivity contribution in [2.45, 2.75) is 9.79 Å². The van der Waals surface area contributed by atoms with Gasteiger partial charge < -0.3 is 4.57 Å². The van der Waals surface area contributed by atoms with Crippen molar-refractivity contribution in [1.82, 2.24) is 19.5 Å². The smallest absolute Gasteiger partial charge is 0.164 e. The maximum atomic E-state index is 5.07. The fourth-order valence-electron chi connectivity index (χ4n) is 7.12. The zero-order valence-electron chi connectivity index (χ0n) is 25.7. The van der Waals surface area contributed by atoms with E-state index in [-0.39, 0.29) is 0 Å². The highest BCUT2D eigenvalue weighted by Crippen LogP contribution is 2.52. The van der Waals surface area contributed by atoms with E-state index in [2.05, 4.69) is 102 Å². The molecule has 2 aromatic heterocycles. The monoisotopic (exact) mass is 630 g/mol. The second kappa shape index (κ2) is 10.8. The van der Waals surface area contributed by atoms with Gasteiger partial charge in [-0.15, -0.1) is 0 Å². The number of fused-ring (bicyclic) bond motifs is 5. The molecule has 1 aliphatic rings. The zero-order valence-corrected chi connectivity index (χ0v) is 26.5. The van der Waals surface area contributed by atoms with Crippen LogP contribution in [0.5, 0.6) is 0 Å². The normalized spacial score (nSPS) is 12.1. The average Bonchev–Trinajstić information content (AvgIpc) is 3.50. The van der Waals surface area contributed by atoms with Crippen molar-refractivity contribution < 1.29 is 0 Å². The Morgan fingerprint density at radius 1 is 0.396 bits per heavy atom. The summed E-state index contributed by atoms with van der Waals surface area (Å²) in [6, 6.07) is 55.5. The van der Waals surface area contributed by atoms with Crippen molar-refractivity contribution in [3.8, 4) is 51.0 Å². The molecule has 3 heterocycles. The molecule has 48 heavy (non-hydrogen) atoms. The van der Waals surface area contributed by atoms with Gasteiger partial charge in [-0.1, -0.05) is 139 Å². The first kappa shape index (κ1) is 27.1. The van der Waals surface area contributed by atoms with Crippen molar-refractivity contribution in [2.75, 3.05) is 0 Å². The number of hydrogen-bond acceptors (Lipinski definition) is 4. The maximum Gasteiger partial charge on any atom is 0.164 e. The lowest BCUT2D eigenvalue weighted by molar-refractivity contribution is 1.08. The summed E-state index contributed by atoms with van der Waals surface area (Å²) in [6.45, 7) is 0. The molecule has 0 fully saturated rings. The molecule has 0 saturated heterocycles. The Morgan fingerprint density at radius 2 is 0.938 bits per heavy atom. The molecule has 4 nitrogen and oxygen atoms in total. The van der Waals surface area contributed by atoms with E-state index in [1.165, 1.54) is 53.8 Å². The molecule has 5 heteroatoms. The molecule has 1 aliphatic heterocycles. The molecule has 0 spiro atoms. The highest BCUT2D eigenvalue weighted by atomic mass is 32.2. The SMILES string of the molecule is c1ccc(-c2nc(-c3ccccc3)nc(-c3ccc4c5c(cccc35)-c3cccc(-n5c6ccccc6c6ccccc65)c3S4)n2)cc1. The van der Waals surface area contributed by atoms with Gasteiger partial charge in [-0.2, -0.15) is 0 Å². The quantitative estimate of drug-likeness (QED) is 0.194. The molecule has 0 amide bonds. The van der Waals surface area contributed by atoms with E-state index in [9.17, 15) is 0 Å². The summed E-state index contributed by atoms with van der Waals surface area (Å²) in [6.07, 6.45) is 0. The van der Waals surface area contributed by atoms with Crippen LogP contribution in [0, 0.1) is 0 Å². The van der Waals surface area contributed by atoms with Gasteiger partial charge in [0.25, 0.3) is 0 Å². The number of aromatic nitrogens is 4. The van der Waals surface area contributed by atoms with Crippen molar-refractivity contribution in [3.63, 3.8) is 0 Å². The molecule has 0 aliphatic carbocycles. The topological polar surface area (TPSA) is 43.6 Å². The van der Waals surface area contributed by atoms with Crippen LogP contribution < -0.4 is 0 Å². The van der Waals surface area contributed by atoms with Crippen molar-refractivity contribution >= 4 is 44.3 Å². The Balaban J connectivity index is 1.19. The zero-order chi connectivity index (χ0) is 31.6. The number of benzene rings is 7. The van der Waals surface area contributed by atoms with Gasteiger partial charge in [0.05, 0.1) is 16.7 Å². The van der Waals surface area contributed by atoms with E-state index in [0.717, 1.165) is 22.1 Å². The number of nitrogens with zero attached hydrogens (tertiary/aromatic N) is 4. The second-order valence-electron chi connectivity index (χ2n) is 12.0. The first-order valence-corrected chi connectivity index (χ1v) is 16.9. The van der Waals surface area contributed by atoms with Crippen LogP contribution >= 0.6 is 11.8 Å². The third-order valence-electron chi connectivity index (χ3n) is 9.26. The van der Waals surface area contributed by atoms with Gasteiger partial charge in [0.15, 0.2) is 17.5 Å². The Labute approximate surface area is 281 Å². The first-order valence-electron chi connectivity index (χ1n) is 16.0. The molecule has 0 N–H and O–H groups in total. The molecule has 7 aromatic carbocycles. The van der Waals surface area contributed by atoms with Crippen LogP contribution in [0.2, 0.25) is 0 Å². The standard InChI is InChI=1S/C43H26N4S/c1-3-13-27(14-4-1)41-44-42(28-15-5-2-6-16-28)46-43(45-41)34-25-26-38-39-31(19-11-20-32(34)39)33-21-12-24-37(40(33)48-38)47-35-22-9-7-17-29(35)30-18-8-10-23-36(30)47/h1-26H. The van der Waals surface area contributed by atoms with E-state index in [1.54, 1.807) is 0 Å². The fraction of sp³-hybridized carbons (Fsp3) is 0. The Hall–Kier alpha value is -6.04. The lowest BCUT2D eigenvalue weighted by Gasteiger charge is -2.24. The third kappa shape index (κ3) is 4.15. The van der Waals surface area contributed by atoms with Crippen LogP contribution in [0.25, 0.3) is 83.6 Å². The molecule has 10 rings (SSSR count). The van der Waals surface area contributed by atoms with Gasteiger partial charge in [0, 0.05) is 42.6 Å². The number of para-hydroxylation sites is 2. The van der Waals surface area contributed by atoms with Crippen LogP contribution in [-0.2, 0) is 0 Å². The van der Waals surface area contributed by atoms with Crippen molar-refractivity contribution in [1.29, 1.82) is 0 Å². The predicted octanol–water partition coefficient (Wildman–Crippen LogP) is 11.3. The van der Waals surface area contributed by atoms with Gasteiger partial charge in [-0.25, -0.2) is 15.0 Å². The highest BCUT2D eigenvalue weighted by molar-refractivity contribution is 8.00. The number of hydrogen-bond donors (Lipinski definition) is 0. The van der Waals surface area contributed by atoms with Crippen LogP contribution in [-0.4, -0.2) is 19.5 Å². The molecule has 0 atom stereocenters. The minimum absolute atomic E-state index is 0.662. The largest absolute Gasteiger partial charge is 0.308 e. The molecule has 224 valence electrons. The molecular formula is C43H26N4S. The van der Waals surface area contributed by atoms with E-state index in [0.29, 0.717) is 17.5 Å². The lowest BCUT2D eigenvalue weighted by Crippen LogP contribution is -2.03. The summed E-state index contributed by atoms with van der Waals surface area (Å²) in [4.78, 5) is 17.5. The molecule has 9 aromatic rings. The molecule has 0 radical (unpaired) electrons. The van der Waals surface area contributed by atoms with Crippen LogP contribution in [0.4, 0.5) is 0 Å². The Morgan fingerprint density at radius 3 is 1.60 bits per heavy atom. The van der Waals surface area contributed by atoms with Gasteiger partial charge in [-0.05, 0) is 46.8 Å². The van der Waals surface area contributed by atoms with Gasteiger partial charge in [-0.3, -0.25) is 0 Å². The van der Waals surface area contributed by atoms with E-state index < -0.39 is 0 Å². The van der Waals surface area contributed by atoms with Gasteiger partial charge >= 0.3 is 0 Å². The summed E-state index contributed by atoms with van der Waals surface area (Å²) in [5.74, 6) is 1.99. The Bertz CT molecular complexity index is 2590. The molecule has 0 bridgehead atoms. The third-order valence-corrected chi connectivity index (χ3v) is 10.5. The first-order chi connectivity index (χ1) is 23.8. The molecule has 0 saturated carbocycles. The minimum Gasteiger partial charge on any atom is -0.308 e. The second-order valence-corrected chi connectivity index (χ2v) is 13.1. The van der Waals surface area contributed by atoms with Crippen LogP contribution in [0.15, 0.2) is 168 Å². The van der Waals surface area contributed by atoms with E-state index in [4.69, 9.17) is 15.0 Å². The summed E-state index contributed by atoms with van der Waals surface area (Å²) in [7, 11) is 0. The van der Waals surface area contributed by atoms with E-state index >= 15 is 0 Å². The average molecular weight is 631 g/mol. The van der Waals surface area contributed by atoms with Crippen molar-refractivity contribution in [2.24, 2.45) is 0 Å². The molecule has 0 unspecified atom stereocenters. The maximum absolute atomic E-state index is 5.07. The van der Waals surface area contributed by atoms with E-state index in [1.807, 2.05) is 72.4 Å². The summed E-state index contributed by atoms with van der Waals surface area (Å²) in [5, 5.41) is 4.89. The van der Waals surface area contributed by atoms with Crippen molar-refractivity contribution in [3.05, 3.63) is 158 Å². The number of rotatable bonds is 4. The predicted molar refractivity (Wildman–Crippen MR) is 198 cm³/mol. The summed E-state index contributed by atoms with van der Waals surface area (Å²) < 4.78 is 2.43. The van der Waals surface area contributed by atoms with Crippen LogP contribution in [0.3, 0.4) is 0 Å². The minimum atomic E-state index is 0.662. The summed E-state index contributed by atoms with van der Waals surface area (Å²) in [5.41, 5.74) is 9.00. The lowest BCUT2D eigenvalue weighted by atomic mass is 9.94. The molecular weight excluding hydrogens is 605 g/mol. The fourth-order valence-corrected chi connectivity index (χ4v) is 8.35. The van der Waals surface area contributed by atoms with Crippen LogP contribution in [0.1, 0.15) is 0 Å². The summed E-state index contributed by atoms with van der Waals surface area (Å²) >= 11 is 1.85. The van der Waals surface area contributed by atoms with Gasteiger partial charge in [0.1, 0.15) is 0 Å².